The Morgan fingerprint density at radius 3 is 2.62 bits per heavy atom. The van der Waals surface area contributed by atoms with Crippen LogP contribution in [0.1, 0.15) is 32.2 Å². The van der Waals surface area contributed by atoms with Crippen molar-refractivity contribution in [2.75, 3.05) is 0 Å². The molecule has 0 N–H and O–H groups in total. The Morgan fingerprint density at radius 2 is 2.08 bits per heavy atom. The van der Waals surface area contributed by atoms with Gasteiger partial charge >= 0.3 is 0 Å². The number of nitrogens with zero attached hydrogens (tertiary/aromatic N) is 3. The molecule has 1 rings (SSSR count). The van der Waals surface area contributed by atoms with Gasteiger partial charge in [0.25, 0.3) is 0 Å². The Labute approximate surface area is 78.5 Å². The fourth-order valence-corrected chi connectivity index (χ4v) is 1.09. The summed E-state index contributed by atoms with van der Waals surface area (Å²) in [7, 11) is 0. The van der Waals surface area contributed by atoms with Crippen LogP contribution in [-0.2, 0) is 6.42 Å². The van der Waals surface area contributed by atoms with Crippen molar-refractivity contribution < 1.29 is 0 Å². The van der Waals surface area contributed by atoms with Crippen molar-refractivity contribution in [2.45, 2.75) is 27.2 Å². The number of hydrogen-bond donors (Lipinski definition) is 0. The van der Waals surface area contributed by atoms with E-state index in [4.69, 9.17) is 5.26 Å². The smallest absolute Gasteiger partial charge is 0.159 e. The molecule has 3 heteroatoms. The first-order valence-corrected chi connectivity index (χ1v) is 4.22. The second-order valence-electron chi connectivity index (χ2n) is 4.24. The molecule has 1 aromatic heterocycles. The molecule has 0 atom stereocenters. The molecule has 0 aliphatic heterocycles. The Balaban J connectivity index is 2.86. The molecule has 68 valence electrons. The Hall–Kier alpha value is -1.43. The normalized spacial score (nSPS) is 10.9. The lowest BCUT2D eigenvalue weighted by molar-refractivity contribution is 0.405. The van der Waals surface area contributed by atoms with Crippen LogP contribution in [0.25, 0.3) is 0 Å². The highest BCUT2D eigenvalue weighted by molar-refractivity contribution is 5.17. The van der Waals surface area contributed by atoms with Crippen LogP contribution in [0.4, 0.5) is 0 Å². The molecule has 0 radical (unpaired) electrons. The van der Waals surface area contributed by atoms with Crippen LogP contribution in [0.2, 0.25) is 0 Å². The highest BCUT2D eigenvalue weighted by atomic mass is 14.8. The van der Waals surface area contributed by atoms with Crippen molar-refractivity contribution in [2.24, 2.45) is 5.41 Å². The quantitative estimate of drug-likeness (QED) is 0.655. The second kappa shape index (κ2) is 3.53. The average Bonchev–Trinajstić information content (AvgIpc) is 2.01. The van der Waals surface area contributed by atoms with Gasteiger partial charge in [-0.1, -0.05) is 20.8 Å². The maximum atomic E-state index is 8.61. The molecule has 0 amide bonds. The van der Waals surface area contributed by atoms with Crippen LogP contribution >= 0.6 is 0 Å². The summed E-state index contributed by atoms with van der Waals surface area (Å²) in [5.74, 6) is 0. The minimum absolute atomic E-state index is 0.183. The minimum Gasteiger partial charge on any atom is -0.260 e. The molecule has 0 aromatic carbocycles. The number of hydrogen-bond acceptors (Lipinski definition) is 3. The van der Waals surface area contributed by atoms with E-state index in [2.05, 4.69) is 30.7 Å². The van der Waals surface area contributed by atoms with Crippen LogP contribution in [0.3, 0.4) is 0 Å². The molecular weight excluding hydrogens is 162 g/mol. The molecule has 1 aromatic rings. The van der Waals surface area contributed by atoms with Gasteiger partial charge in [-0.3, -0.25) is 4.98 Å². The molecule has 0 fully saturated rings. The van der Waals surface area contributed by atoms with Gasteiger partial charge in [-0.2, -0.15) is 5.26 Å². The fraction of sp³-hybridized carbons (Fsp3) is 0.500. The van der Waals surface area contributed by atoms with Crippen LogP contribution in [-0.4, -0.2) is 9.97 Å². The molecular formula is C10H13N3. The maximum Gasteiger partial charge on any atom is 0.159 e. The highest BCUT2D eigenvalue weighted by Gasteiger charge is 2.12. The third-order valence-electron chi connectivity index (χ3n) is 1.51. The van der Waals surface area contributed by atoms with Crippen molar-refractivity contribution in [3.8, 4) is 6.07 Å². The maximum absolute atomic E-state index is 8.61. The van der Waals surface area contributed by atoms with Gasteiger partial charge in [0, 0.05) is 6.20 Å². The van der Waals surface area contributed by atoms with E-state index in [1.54, 1.807) is 6.20 Å². The Morgan fingerprint density at radius 1 is 1.38 bits per heavy atom. The summed E-state index contributed by atoms with van der Waals surface area (Å²) in [5, 5.41) is 8.61. The molecule has 0 aliphatic rings. The molecule has 0 aliphatic carbocycles. The topological polar surface area (TPSA) is 49.6 Å². The van der Waals surface area contributed by atoms with Crippen LogP contribution in [0.15, 0.2) is 12.4 Å². The van der Waals surface area contributed by atoms with Crippen LogP contribution in [0, 0.1) is 16.7 Å². The zero-order valence-electron chi connectivity index (χ0n) is 8.20. The fourth-order valence-electron chi connectivity index (χ4n) is 1.09. The third-order valence-corrected chi connectivity index (χ3v) is 1.51. The molecule has 0 spiro atoms. The predicted molar refractivity (Wildman–Crippen MR) is 49.9 cm³/mol. The van der Waals surface area contributed by atoms with Crippen molar-refractivity contribution in [1.29, 1.82) is 5.26 Å². The summed E-state index contributed by atoms with van der Waals surface area (Å²) >= 11 is 0. The summed E-state index contributed by atoms with van der Waals surface area (Å²) in [5.41, 5.74) is 1.45. The van der Waals surface area contributed by atoms with E-state index >= 15 is 0 Å². The summed E-state index contributed by atoms with van der Waals surface area (Å²) in [6, 6.07) is 1.98. The summed E-state index contributed by atoms with van der Waals surface area (Å²) in [4.78, 5) is 8.11. The molecule has 13 heavy (non-hydrogen) atoms. The van der Waals surface area contributed by atoms with Crippen molar-refractivity contribution in [3.63, 3.8) is 0 Å². The van der Waals surface area contributed by atoms with Gasteiger partial charge in [-0.25, -0.2) is 4.98 Å². The molecule has 0 saturated carbocycles. The Bertz CT molecular complexity index is 331. The van der Waals surface area contributed by atoms with Gasteiger partial charge in [-0.15, -0.1) is 0 Å². The lowest BCUT2D eigenvalue weighted by Crippen LogP contribution is -2.11. The van der Waals surface area contributed by atoms with E-state index in [0.717, 1.165) is 12.1 Å². The summed E-state index contributed by atoms with van der Waals surface area (Å²) in [6.45, 7) is 6.40. The second-order valence-corrected chi connectivity index (χ2v) is 4.24. The van der Waals surface area contributed by atoms with E-state index in [9.17, 15) is 0 Å². The predicted octanol–water partition coefficient (Wildman–Crippen LogP) is 1.94. The molecule has 3 nitrogen and oxygen atoms in total. The summed E-state index contributed by atoms with van der Waals surface area (Å²) < 4.78 is 0. The van der Waals surface area contributed by atoms with Crippen LogP contribution < -0.4 is 0 Å². The average molecular weight is 175 g/mol. The van der Waals surface area contributed by atoms with E-state index < -0.39 is 0 Å². The molecule has 0 unspecified atom stereocenters. The van der Waals surface area contributed by atoms with Crippen molar-refractivity contribution in [3.05, 3.63) is 23.8 Å². The standard InChI is InChI=1S/C10H13N3/c1-10(2,3)4-8-6-12-7-9(5-11)13-8/h6-7H,4H2,1-3H3. The monoisotopic (exact) mass is 175 g/mol. The van der Waals surface area contributed by atoms with E-state index in [0.29, 0.717) is 5.69 Å². The molecule has 0 bridgehead atoms. The number of nitriles is 1. The third kappa shape index (κ3) is 3.20. The van der Waals surface area contributed by atoms with Gasteiger partial charge < -0.3 is 0 Å². The first kappa shape index (κ1) is 9.66. The highest BCUT2D eigenvalue weighted by Crippen LogP contribution is 2.18. The zero-order chi connectivity index (χ0) is 9.90. The van der Waals surface area contributed by atoms with Gasteiger partial charge in [-0.05, 0) is 11.8 Å². The van der Waals surface area contributed by atoms with E-state index in [1.807, 2.05) is 6.07 Å². The van der Waals surface area contributed by atoms with Gasteiger partial charge in [0.15, 0.2) is 5.69 Å². The first-order chi connectivity index (χ1) is 6.01. The van der Waals surface area contributed by atoms with Crippen molar-refractivity contribution >= 4 is 0 Å². The molecule has 0 saturated heterocycles. The largest absolute Gasteiger partial charge is 0.260 e. The first-order valence-electron chi connectivity index (χ1n) is 4.22. The zero-order valence-corrected chi connectivity index (χ0v) is 8.20. The lowest BCUT2D eigenvalue weighted by atomic mass is 9.91. The van der Waals surface area contributed by atoms with Gasteiger partial charge in [0.1, 0.15) is 6.07 Å². The van der Waals surface area contributed by atoms with Gasteiger partial charge in [0.2, 0.25) is 0 Å². The van der Waals surface area contributed by atoms with Crippen LogP contribution in [0.5, 0.6) is 0 Å². The molecule has 1 heterocycles. The SMILES string of the molecule is CC(C)(C)Cc1cncc(C#N)n1. The minimum atomic E-state index is 0.183. The van der Waals surface area contributed by atoms with E-state index in [1.165, 1.54) is 6.20 Å². The number of aromatic nitrogens is 2. The number of rotatable bonds is 1. The Kier molecular flexibility index (Phi) is 2.62. The lowest BCUT2D eigenvalue weighted by Gasteiger charge is -2.16. The van der Waals surface area contributed by atoms with Crippen molar-refractivity contribution in [1.82, 2.24) is 9.97 Å². The van der Waals surface area contributed by atoms with E-state index in [-0.39, 0.29) is 5.41 Å². The summed E-state index contributed by atoms with van der Waals surface area (Å²) in [6.07, 6.45) is 4.04. The van der Waals surface area contributed by atoms with Gasteiger partial charge in [0.05, 0.1) is 11.9 Å².